The van der Waals surface area contributed by atoms with Crippen LogP contribution in [0.3, 0.4) is 0 Å². The average Bonchev–Trinajstić information content (AvgIpc) is 2.89. The molecule has 4 nitrogen and oxygen atoms in total. The van der Waals surface area contributed by atoms with Crippen LogP contribution in [-0.2, 0) is 19.1 Å². The molecular weight excluding hydrogens is 240 g/mol. The second-order valence-corrected chi connectivity index (χ2v) is 6.07. The molecular formula is C12H16O4S. The van der Waals surface area contributed by atoms with Gasteiger partial charge in [0, 0.05) is 11.7 Å². The second-order valence-electron chi connectivity index (χ2n) is 5.08. The number of rotatable bonds is 4. The minimum atomic E-state index is -0.229. The van der Waals surface area contributed by atoms with Crippen LogP contribution in [-0.4, -0.2) is 36.7 Å². The van der Waals surface area contributed by atoms with Crippen LogP contribution in [0.1, 0.15) is 12.8 Å². The van der Waals surface area contributed by atoms with Crippen LogP contribution in [0.5, 0.6) is 0 Å². The van der Waals surface area contributed by atoms with Crippen molar-refractivity contribution in [2.45, 2.75) is 18.9 Å². The van der Waals surface area contributed by atoms with Gasteiger partial charge in [0.05, 0.1) is 11.8 Å². The normalized spacial score (nSPS) is 41.7. The number of carbonyl (C=O) groups is 2. The molecule has 5 atom stereocenters. The van der Waals surface area contributed by atoms with Gasteiger partial charge in [0.1, 0.15) is 12.7 Å². The van der Waals surface area contributed by atoms with E-state index in [9.17, 15) is 9.59 Å². The number of fused-ring (bicyclic) bond motifs is 1. The van der Waals surface area contributed by atoms with Crippen LogP contribution in [0.15, 0.2) is 0 Å². The minimum Gasteiger partial charge on any atom is -0.465 e. The van der Waals surface area contributed by atoms with E-state index in [2.05, 4.69) is 0 Å². The molecule has 0 aromatic carbocycles. The van der Waals surface area contributed by atoms with Gasteiger partial charge < -0.3 is 9.47 Å². The van der Waals surface area contributed by atoms with E-state index in [4.69, 9.17) is 9.47 Å². The van der Waals surface area contributed by atoms with Gasteiger partial charge in [-0.1, -0.05) is 0 Å². The summed E-state index contributed by atoms with van der Waals surface area (Å²) in [6.07, 6.45) is 3.89. The zero-order chi connectivity index (χ0) is 12.0. The molecule has 2 saturated carbocycles. The van der Waals surface area contributed by atoms with Crippen molar-refractivity contribution in [1.29, 1.82) is 0 Å². The van der Waals surface area contributed by atoms with E-state index in [1.807, 2.05) is 6.26 Å². The van der Waals surface area contributed by atoms with E-state index in [1.165, 1.54) is 0 Å². The van der Waals surface area contributed by atoms with Gasteiger partial charge in [-0.25, -0.2) is 0 Å². The lowest BCUT2D eigenvalue weighted by atomic mass is 9.80. The first-order valence-corrected chi connectivity index (χ1v) is 7.48. The van der Waals surface area contributed by atoms with Crippen molar-refractivity contribution in [1.82, 2.24) is 0 Å². The Morgan fingerprint density at radius 3 is 3.12 bits per heavy atom. The van der Waals surface area contributed by atoms with Gasteiger partial charge in [-0.3, -0.25) is 9.59 Å². The van der Waals surface area contributed by atoms with E-state index in [0.29, 0.717) is 12.5 Å². The third-order valence-electron chi connectivity index (χ3n) is 4.29. The molecule has 1 saturated heterocycles. The molecule has 1 heterocycles. The Bertz CT molecular complexity index is 354. The Morgan fingerprint density at radius 2 is 2.35 bits per heavy atom. The highest BCUT2D eigenvalue weighted by Crippen LogP contribution is 2.57. The topological polar surface area (TPSA) is 52.6 Å². The lowest BCUT2D eigenvalue weighted by molar-refractivity contribution is -0.155. The lowest BCUT2D eigenvalue weighted by Crippen LogP contribution is -2.33. The van der Waals surface area contributed by atoms with Crippen LogP contribution < -0.4 is 0 Å². The van der Waals surface area contributed by atoms with Gasteiger partial charge in [-0.2, -0.15) is 11.8 Å². The molecule has 0 amide bonds. The molecule has 3 fully saturated rings. The summed E-state index contributed by atoms with van der Waals surface area (Å²) < 4.78 is 10.5. The maximum atomic E-state index is 12.0. The van der Waals surface area contributed by atoms with E-state index in [1.54, 1.807) is 11.8 Å². The summed E-state index contributed by atoms with van der Waals surface area (Å²) in [6, 6.07) is 0. The number of ether oxygens (including phenoxy) is 2. The van der Waals surface area contributed by atoms with Crippen LogP contribution in [0, 0.1) is 23.7 Å². The van der Waals surface area contributed by atoms with Crippen molar-refractivity contribution in [2.75, 3.05) is 18.6 Å². The van der Waals surface area contributed by atoms with E-state index in [-0.39, 0.29) is 35.8 Å². The number of hydrogen-bond donors (Lipinski definition) is 0. The number of thioether (sulfide) groups is 1. The first kappa shape index (κ1) is 11.4. The van der Waals surface area contributed by atoms with Gasteiger partial charge in [0.25, 0.3) is 0 Å². The van der Waals surface area contributed by atoms with E-state index < -0.39 is 0 Å². The summed E-state index contributed by atoms with van der Waals surface area (Å²) >= 11 is 1.65. The van der Waals surface area contributed by atoms with Crippen molar-refractivity contribution in [2.24, 2.45) is 23.7 Å². The van der Waals surface area contributed by atoms with Gasteiger partial charge in [-0.05, 0) is 25.0 Å². The zero-order valence-corrected chi connectivity index (χ0v) is 10.6. The molecule has 0 aromatic rings. The van der Waals surface area contributed by atoms with E-state index in [0.717, 1.165) is 18.6 Å². The molecule has 0 radical (unpaired) electrons. The highest BCUT2D eigenvalue weighted by Gasteiger charge is 2.64. The summed E-state index contributed by atoms with van der Waals surface area (Å²) in [7, 11) is 0. The molecule has 17 heavy (non-hydrogen) atoms. The van der Waals surface area contributed by atoms with Crippen molar-refractivity contribution in [3.05, 3.63) is 0 Å². The number of hydrogen-bond acceptors (Lipinski definition) is 5. The third kappa shape index (κ3) is 1.66. The molecule has 3 aliphatic rings. The molecule has 94 valence electrons. The summed E-state index contributed by atoms with van der Waals surface area (Å²) in [4.78, 5) is 23.7. The second kappa shape index (κ2) is 4.19. The maximum Gasteiger partial charge on any atom is 0.310 e. The highest BCUT2D eigenvalue weighted by molar-refractivity contribution is 7.98. The van der Waals surface area contributed by atoms with Gasteiger partial charge in [-0.15, -0.1) is 0 Å². The number of carbonyl (C=O) groups excluding carboxylic acids is 2. The SMILES string of the molecule is CSCCOC(=O)C1C2CC3OC(=O)C1C3C2. The fourth-order valence-corrected chi connectivity index (χ4v) is 3.90. The quantitative estimate of drug-likeness (QED) is 0.556. The molecule has 0 N–H and O–H groups in total. The van der Waals surface area contributed by atoms with Gasteiger partial charge >= 0.3 is 11.9 Å². The van der Waals surface area contributed by atoms with Crippen LogP contribution >= 0.6 is 11.8 Å². The average molecular weight is 256 g/mol. The largest absolute Gasteiger partial charge is 0.465 e. The summed E-state index contributed by atoms with van der Waals surface area (Å²) in [5, 5.41) is 0. The molecule has 5 unspecified atom stereocenters. The highest BCUT2D eigenvalue weighted by atomic mass is 32.2. The fourth-order valence-electron chi connectivity index (χ4n) is 3.65. The summed E-state index contributed by atoms with van der Waals surface area (Å²) in [6.45, 7) is 0.444. The van der Waals surface area contributed by atoms with Crippen molar-refractivity contribution in [3.63, 3.8) is 0 Å². The van der Waals surface area contributed by atoms with Crippen LogP contribution in [0.2, 0.25) is 0 Å². The van der Waals surface area contributed by atoms with Crippen molar-refractivity contribution >= 4 is 23.7 Å². The van der Waals surface area contributed by atoms with Crippen LogP contribution in [0.25, 0.3) is 0 Å². The lowest BCUT2D eigenvalue weighted by Gasteiger charge is -2.22. The van der Waals surface area contributed by atoms with Gasteiger partial charge in [0.2, 0.25) is 0 Å². The van der Waals surface area contributed by atoms with Crippen molar-refractivity contribution < 1.29 is 19.1 Å². The summed E-state index contributed by atoms with van der Waals surface area (Å²) in [5.41, 5.74) is 0. The van der Waals surface area contributed by atoms with Crippen molar-refractivity contribution in [3.8, 4) is 0 Å². The Kier molecular flexibility index (Phi) is 2.81. The third-order valence-corrected chi connectivity index (χ3v) is 4.86. The predicted molar refractivity (Wildman–Crippen MR) is 62.4 cm³/mol. The molecule has 0 aromatic heterocycles. The Balaban J connectivity index is 1.68. The Morgan fingerprint density at radius 1 is 1.53 bits per heavy atom. The monoisotopic (exact) mass is 256 g/mol. The predicted octanol–water partition coefficient (Wildman–Crippen LogP) is 1.09. The fraction of sp³-hybridized carbons (Fsp3) is 0.833. The standard InChI is InChI=1S/C12H16O4S/c1-17-3-2-15-11(13)9-6-4-7-8(5-6)16-12(14)10(7)9/h6-10H,2-5H2,1H3. The first-order chi connectivity index (χ1) is 8.22. The minimum absolute atomic E-state index is 0.0905. The molecule has 2 aliphatic carbocycles. The maximum absolute atomic E-state index is 12.0. The molecule has 2 bridgehead atoms. The first-order valence-electron chi connectivity index (χ1n) is 6.08. The smallest absolute Gasteiger partial charge is 0.310 e. The summed E-state index contributed by atoms with van der Waals surface area (Å²) in [5.74, 6) is 0.604. The molecule has 5 heteroatoms. The number of esters is 2. The van der Waals surface area contributed by atoms with Crippen LogP contribution in [0.4, 0.5) is 0 Å². The molecule has 0 spiro atoms. The van der Waals surface area contributed by atoms with Gasteiger partial charge in [0.15, 0.2) is 0 Å². The molecule has 1 aliphatic heterocycles. The Hall–Kier alpha value is -0.710. The molecule has 3 rings (SSSR count). The zero-order valence-electron chi connectivity index (χ0n) is 9.76. The van der Waals surface area contributed by atoms with E-state index >= 15 is 0 Å². The Labute approximate surface area is 104 Å².